The molecular formula is C8H9ClN2O. The summed E-state index contributed by atoms with van der Waals surface area (Å²) in [6.45, 7) is 1.62. The summed E-state index contributed by atoms with van der Waals surface area (Å²) < 4.78 is 0. The molecule has 1 rings (SSSR count). The van der Waals surface area contributed by atoms with Crippen molar-refractivity contribution in [2.75, 3.05) is 5.32 Å². The fraction of sp³-hybridized carbons (Fsp3) is 0.250. The fourth-order valence-corrected chi connectivity index (χ4v) is 0.732. The number of halogens is 1. The first kappa shape index (κ1) is 9.00. The Morgan fingerprint density at radius 2 is 2.17 bits per heavy atom. The second-order valence-corrected chi connectivity index (χ2v) is 3.00. The number of hydrogen-bond donors (Lipinski definition) is 1. The highest BCUT2D eigenvalue weighted by atomic mass is 35.5. The number of alkyl halides is 1. The molecule has 3 nitrogen and oxygen atoms in total. The van der Waals surface area contributed by atoms with E-state index in [1.165, 1.54) is 0 Å². The van der Waals surface area contributed by atoms with Gasteiger partial charge in [0.1, 0.15) is 5.38 Å². The van der Waals surface area contributed by atoms with Gasteiger partial charge in [-0.05, 0) is 19.1 Å². The van der Waals surface area contributed by atoms with Gasteiger partial charge in [-0.25, -0.2) is 0 Å². The number of rotatable bonds is 2. The van der Waals surface area contributed by atoms with Gasteiger partial charge in [0, 0.05) is 18.1 Å². The number of amides is 1. The van der Waals surface area contributed by atoms with E-state index in [1.807, 2.05) is 0 Å². The number of nitrogens with one attached hydrogen (secondary N) is 1. The van der Waals surface area contributed by atoms with E-state index in [0.29, 0.717) is 5.69 Å². The number of aromatic nitrogens is 1. The molecule has 1 amide bonds. The molecule has 0 saturated carbocycles. The summed E-state index contributed by atoms with van der Waals surface area (Å²) in [5, 5.41) is 2.11. The van der Waals surface area contributed by atoms with Crippen LogP contribution in [0.2, 0.25) is 0 Å². The van der Waals surface area contributed by atoms with Crippen LogP contribution in [0.4, 0.5) is 5.69 Å². The molecule has 1 aromatic heterocycles. The summed E-state index contributed by atoms with van der Waals surface area (Å²) in [6, 6.07) is 3.41. The maximum Gasteiger partial charge on any atom is 0.242 e. The number of anilines is 1. The van der Waals surface area contributed by atoms with Gasteiger partial charge < -0.3 is 5.32 Å². The van der Waals surface area contributed by atoms with Crippen LogP contribution in [0.3, 0.4) is 0 Å². The van der Waals surface area contributed by atoms with Crippen molar-refractivity contribution in [3.8, 4) is 0 Å². The third-order valence-electron chi connectivity index (χ3n) is 1.31. The van der Waals surface area contributed by atoms with Crippen LogP contribution in [0.25, 0.3) is 0 Å². The van der Waals surface area contributed by atoms with E-state index in [1.54, 1.807) is 31.5 Å². The third kappa shape index (κ3) is 2.51. The minimum Gasteiger partial charge on any atom is -0.325 e. The third-order valence-corrected chi connectivity index (χ3v) is 1.51. The van der Waals surface area contributed by atoms with Gasteiger partial charge in [0.2, 0.25) is 5.91 Å². The van der Waals surface area contributed by atoms with Gasteiger partial charge in [-0.3, -0.25) is 9.78 Å². The lowest BCUT2D eigenvalue weighted by Crippen LogP contribution is -2.20. The number of carbonyl (C=O) groups excluding carboxylic acids is 1. The van der Waals surface area contributed by atoms with Crippen LogP contribution >= 0.6 is 11.6 Å². The predicted octanol–water partition coefficient (Wildman–Crippen LogP) is 1.65. The Morgan fingerprint density at radius 3 is 2.67 bits per heavy atom. The van der Waals surface area contributed by atoms with Crippen molar-refractivity contribution in [2.45, 2.75) is 12.3 Å². The van der Waals surface area contributed by atoms with E-state index in [4.69, 9.17) is 11.6 Å². The highest BCUT2D eigenvalue weighted by molar-refractivity contribution is 6.32. The average molecular weight is 185 g/mol. The lowest BCUT2D eigenvalue weighted by Gasteiger charge is -2.04. The SMILES string of the molecule is CC(Cl)C(=O)Nc1ccncc1. The van der Waals surface area contributed by atoms with Crippen molar-refractivity contribution in [1.82, 2.24) is 4.98 Å². The second kappa shape index (κ2) is 4.07. The van der Waals surface area contributed by atoms with Crippen LogP contribution in [0.15, 0.2) is 24.5 Å². The van der Waals surface area contributed by atoms with Gasteiger partial charge in [0.15, 0.2) is 0 Å². The van der Waals surface area contributed by atoms with E-state index >= 15 is 0 Å². The van der Waals surface area contributed by atoms with Gasteiger partial charge >= 0.3 is 0 Å². The Morgan fingerprint density at radius 1 is 1.58 bits per heavy atom. The standard InChI is InChI=1S/C8H9ClN2O/c1-6(9)8(12)11-7-2-4-10-5-3-7/h2-6H,1H3,(H,10,11,12). The molecule has 1 atom stereocenters. The van der Waals surface area contributed by atoms with E-state index in [-0.39, 0.29) is 5.91 Å². The number of hydrogen-bond acceptors (Lipinski definition) is 2. The Kier molecular flexibility index (Phi) is 3.05. The molecule has 1 N–H and O–H groups in total. The van der Waals surface area contributed by atoms with E-state index in [0.717, 1.165) is 0 Å². The monoisotopic (exact) mass is 184 g/mol. The molecule has 0 aliphatic rings. The molecule has 0 aliphatic heterocycles. The van der Waals surface area contributed by atoms with Gasteiger partial charge in [-0.15, -0.1) is 11.6 Å². The number of nitrogens with zero attached hydrogens (tertiary/aromatic N) is 1. The quantitative estimate of drug-likeness (QED) is 0.711. The molecule has 0 saturated heterocycles. The molecular weight excluding hydrogens is 176 g/mol. The summed E-state index contributed by atoms with van der Waals surface area (Å²) in [5.41, 5.74) is 0.711. The molecule has 0 aliphatic carbocycles. The fourth-order valence-electron chi connectivity index (χ4n) is 0.677. The van der Waals surface area contributed by atoms with Crippen molar-refractivity contribution in [3.05, 3.63) is 24.5 Å². The summed E-state index contributed by atoms with van der Waals surface area (Å²) in [5.74, 6) is -0.206. The van der Waals surface area contributed by atoms with Gasteiger partial charge in [-0.1, -0.05) is 0 Å². The van der Waals surface area contributed by atoms with E-state index in [2.05, 4.69) is 10.3 Å². The van der Waals surface area contributed by atoms with Crippen LogP contribution in [-0.2, 0) is 4.79 Å². The molecule has 0 fully saturated rings. The molecule has 1 aromatic rings. The summed E-state index contributed by atoms with van der Waals surface area (Å²) in [4.78, 5) is 14.9. The van der Waals surface area contributed by atoms with Crippen molar-refractivity contribution >= 4 is 23.2 Å². The average Bonchev–Trinajstić information content (AvgIpc) is 2.06. The molecule has 1 unspecified atom stereocenters. The largest absolute Gasteiger partial charge is 0.325 e. The lowest BCUT2D eigenvalue weighted by atomic mass is 10.3. The highest BCUT2D eigenvalue weighted by Crippen LogP contribution is 2.05. The Balaban J connectivity index is 2.59. The molecule has 0 radical (unpaired) electrons. The highest BCUT2D eigenvalue weighted by Gasteiger charge is 2.07. The second-order valence-electron chi connectivity index (χ2n) is 2.34. The van der Waals surface area contributed by atoms with Crippen LogP contribution in [-0.4, -0.2) is 16.3 Å². The van der Waals surface area contributed by atoms with Crippen molar-refractivity contribution < 1.29 is 4.79 Å². The molecule has 0 bridgehead atoms. The molecule has 0 spiro atoms. The van der Waals surface area contributed by atoms with Crippen LogP contribution in [0.5, 0.6) is 0 Å². The van der Waals surface area contributed by atoms with Crippen LogP contribution in [0, 0.1) is 0 Å². The number of carbonyl (C=O) groups is 1. The first-order valence-corrected chi connectivity index (χ1v) is 3.99. The first-order chi connectivity index (χ1) is 5.70. The zero-order valence-corrected chi connectivity index (χ0v) is 7.38. The molecule has 4 heteroatoms. The van der Waals surface area contributed by atoms with Crippen molar-refractivity contribution in [3.63, 3.8) is 0 Å². The Bertz CT molecular complexity index is 261. The predicted molar refractivity (Wildman–Crippen MR) is 48.2 cm³/mol. The normalized spacial score (nSPS) is 12.2. The maximum atomic E-state index is 11.0. The van der Waals surface area contributed by atoms with E-state index < -0.39 is 5.38 Å². The molecule has 0 aromatic carbocycles. The van der Waals surface area contributed by atoms with Gasteiger partial charge in [0.25, 0.3) is 0 Å². The van der Waals surface area contributed by atoms with Gasteiger partial charge in [-0.2, -0.15) is 0 Å². The summed E-state index contributed by atoms with van der Waals surface area (Å²) in [6.07, 6.45) is 3.21. The lowest BCUT2D eigenvalue weighted by molar-refractivity contribution is -0.115. The molecule has 1 heterocycles. The summed E-state index contributed by atoms with van der Waals surface area (Å²) in [7, 11) is 0. The smallest absolute Gasteiger partial charge is 0.242 e. The minimum absolute atomic E-state index is 0.206. The Hall–Kier alpha value is -1.09. The zero-order valence-electron chi connectivity index (χ0n) is 6.62. The summed E-state index contributed by atoms with van der Waals surface area (Å²) >= 11 is 5.55. The number of pyridine rings is 1. The van der Waals surface area contributed by atoms with Crippen molar-refractivity contribution in [2.24, 2.45) is 0 Å². The topological polar surface area (TPSA) is 42.0 Å². The minimum atomic E-state index is -0.516. The zero-order chi connectivity index (χ0) is 8.97. The molecule has 64 valence electrons. The van der Waals surface area contributed by atoms with Crippen LogP contribution in [0.1, 0.15) is 6.92 Å². The van der Waals surface area contributed by atoms with Gasteiger partial charge in [0.05, 0.1) is 0 Å². The maximum absolute atomic E-state index is 11.0. The van der Waals surface area contributed by atoms with E-state index in [9.17, 15) is 4.79 Å². The first-order valence-electron chi connectivity index (χ1n) is 3.55. The van der Waals surface area contributed by atoms with Crippen molar-refractivity contribution in [1.29, 1.82) is 0 Å². The Labute approximate surface area is 75.8 Å². The van der Waals surface area contributed by atoms with Crippen LogP contribution < -0.4 is 5.32 Å². The molecule has 12 heavy (non-hydrogen) atoms.